The van der Waals surface area contributed by atoms with Crippen LogP contribution in [0, 0.1) is 0 Å². The maximum Gasteiger partial charge on any atom is 0.106 e. The Bertz CT molecular complexity index is 434. The molecule has 1 saturated carbocycles. The van der Waals surface area contributed by atoms with Gasteiger partial charge in [-0.1, -0.05) is 30.3 Å². The van der Waals surface area contributed by atoms with Crippen molar-refractivity contribution >= 4 is 23.5 Å². The summed E-state index contributed by atoms with van der Waals surface area (Å²) in [6.45, 7) is 0.487. The van der Waals surface area contributed by atoms with Crippen LogP contribution in [0.3, 0.4) is 0 Å². The highest BCUT2D eigenvalue weighted by Gasteiger charge is 2.48. The second-order valence-electron chi connectivity index (χ2n) is 5.41. The summed E-state index contributed by atoms with van der Waals surface area (Å²) >= 11 is 3.82. The largest absolute Gasteiger partial charge is 0.390 e. The van der Waals surface area contributed by atoms with Gasteiger partial charge in [0.15, 0.2) is 0 Å². The van der Waals surface area contributed by atoms with Crippen LogP contribution in [0.4, 0.5) is 0 Å². The number of rotatable bonds is 3. The Hall–Kier alpha value is -0.200. The maximum atomic E-state index is 10.2. The molecule has 2 aliphatic rings. The Kier molecular flexibility index (Phi) is 4.62. The molecule has 1 aliphatic carbocycles. The molecule has 1 aliphatic heterocycles. The predicted octanol–water partition coefficient (Wildman–Crippen LogP) is 2.26. The normalized spacial score (nSPS) is 32.6. The Labute approximate surface area is 128 Å². The van der Waals surface area contributed by atoms with Gasteiger partial charge in [-0.05, 0) is 12.0 Å². The van der Waals surface area contributed by atoms with Gasteiger partial charge in [-0.25, -0.2) is 0 Å². The molecule has 3 rings (SSSR count). The number of aliphatic hydroxyl groups excluding tert-OH is 2. The SMILES string of the molecule is O[C@H]1[C@H](O)CC2(C[C@H]1OCc1ccccc1)SCCS2. The van der Waals surface area contributed by atoms with Crippen LogP contribution < -0.4 is 0 Å². The number of aliphatic hydroxyl groups is 2. The zero-order valence-corrected chi connectivity index (χ0v) is 12.9. The number of thioether (sulfide) groups is 2. The molecule has 0 bridgehead atoms. The first-order valence-electron chi connectivity index (χ1n) is 6.98. The first kappa shape index (κ1) is 14.7. The maximum absolute atomic E-state index is 10.2. The predicted molar refractivity (Wildman–Crippen MR) is 83.9 cm³/mol. The fourth-order valence-electron chi connectivity index (χ4n) is 2.87. The third-order valence-corrected chi connectivity index (χ3v) is 7.43. The molecule has 1 aromatic rings. The topological polar surface area (TPSA) is 49.7 Å². The minimum Gasteiger partial charge on any atom is -0.390 e. The van der Waals surface area contributed by atoms with E-state index in [0.717, 1.165) is 23.5 Å². The van der Waals surface area contributed by atoms with Crippen LogP contribution in [0.2, 0.25) is 0 Å². The second-order valence-corrected chi connectivity index (χ2v) is 8.62. The van der Waals surface area contributed by atoms with Crippen LogP contribution in [0.15, 0.2) is 30.3 Å². The summed E-state index contributed by atoms with van der Waals surface area (Å²) in [6, 6.07) is 9.97. The summed E-state index contributed by atoms with van der Waals surface area (Å²) < 4.78 is 5.94. The van der Waals surface area contributed by atoms with Gasteiger partial charge in [0.05, 0.1) is 22.9 Å². The second kappa shape index (κ2) is 6.28. The summed E-state index contributed by atoms with van der Waals surface area (Å²) in [6.07, 6.45) is -0.256. The highest BCUT2D eigenvalue weighted by molar-refractivity contribution is 8.21. The van der Waals surface area contributed by atoms with Crippen LogP contribution in [0.25, 0.3) is 0 Å². The summed E-state index contributed by atoms with van der Waals surface area (Å²) in [5, 5.41) is 20.3. The van der Waals surface area contributed by atoms with Gasteiger partial charge in [0.1, 0.15) is 6.10 Å². The first-order valence-corrected chi connectivity index (χ1v) is 8.95. The molecule has 0 unspecified atom stereocenters. The molecule has 0 aromatic heterocycles. The number of benzene rings is 1. The van der Waals surface area contributed by atoms with Crippen molar-refractivity contribution in [2.75, 3.05) is 11.5 Å². The van der Waals surface area contributed by atoms with E-state index in [0.29, 0.717) is 13.0 Å². The molecule has 0 radical (unpaired) electrons. The molecule has 1 spiro atoms. The van der Waals surface area contributed by atoms with Gasteiger partial charge in [-0.3, -0.25) is 0 Å². The van der Waals surface area contributed by atoms with Crippen molar-refractivity contribution in [2.24, 2.45) is 0 Å². The Morgan fingerprint density at radius 3 is 2.50 bits per heavy atom. The van der Waals surface area contributed by atoms with Gasteiger partial charge in [0.25, 0.3) is 0 Å². The monoisotopic (exact) mass is 312 g/mol. The molecule has 110 valence electrons. The zero-order chi connectivity index (χ0) is 14.0. The van der Waals surface area contributed by atoms with Gasteiger partial charge in [-0.2, -0.15) is 0 Å². The van der Waals surface area contributed by atoms with Gasteiger partial charge in [0.2, 0.25) is 0 Å². The van der Waals surface area contributed by atoms with Crippen molar-refractivity contribution in [1.29, 1.82) is 0 Å². The molecule has 1 heterocycles. The lowest BCUT2D eigenvalue weighted by molar-refractivity contribution is -0.118. The van der Waals surface area contributed by atoms with E-state index in [-0.39, 0.29) is 10.2 Å². The third-order valence-electron chi connectivity index (χ3n) is 3.93. The molecular formula is C15H20O3S2. The van der Waals surface area contributed by atoms with Crippen LogP contribution >= 0.6 is 23.5 Å². The lowest BCUT2D eigenvalue weighted by atomic mass is 9.91. The van der Waals surface area contributed by atoms with E-state index in [1.54, 1.807) is 0 Å². The van der Waals surface area contributed by atoms with E-state index in [4.69, 9.17) is 4.74 Å². The van der Waals surface area contributed by atoms with Gasteiger partial charge in [0, 0.05) is 17.9 Å². The van der Waals surface area contributed by atoms with E-state index >= 15 is 0 Å². The molecule has 1 saturated heterocycles. The fourth-order valence-corrected chi connectivity index (χ4v) is 6.25. The molecule has 20 heavy (non-hydrogen) atoms. The van der Waals surface area contributed by atoms with Crippen molar-refractivity contribution in [3.05, 3.63) is 35.9 Å². The molecule has 3 atom stereocenters. The van der Waals surface area contributed by atoms with Crippen LogP contribution in [-0.2, 0) is 11.3 Å². The standard InChI is InChI=1S/C15H20O3S2/c16-12-8-15(19-6-7-20-15)9-13(14(12)17)18-10-11-4-2-1-3-5-11/h1-5,12-14,16-17H,6-10H2/t12-,13-,14+/m1/s1. The smallest absolute Gasteiger partial charge is 0.106 e. The minimum absolute atomic E-state index is 0.0417. The third kappa shape index (κ3) is 3.17. The zero-order valence-electron chi connectivity index (χ0n) is 11.3. The summed E-state index contributed by atoms with van der Waals surface area (Å²) in [5.74, 6) is 2.25. The number of hydrogen-bond acceptors (Lipinski definition) is 5. The Morgan fingerprint density at radius 2 is 1.80 bits per heavy atom. The first-order chi connectivity index (χ1) is 9.69. The van der Waals surface area contributed by atoms with Crippen LogP contribution in [-0.4, -0.2) is 44.1 Å². The molecule has 2 fully saturated rings. The summed E-state index contributed by atoms with van der Waals surface area (Å²) in [4.78, 5) is 0. The molecule has 1 aromatic carbocycles. The highest BCUT2D eigenvalue weighted by atomic mass is 32.2. The minimum atomic E-state index is -0.772. The van der Waals surface area contributed by atoms with Gasteiger partial charge >= 0.3 is 0 Å². The molecule has 3 nitrogen and oxygen atoms in total. The van der Waals surface area contributed by atoms with E-state index < -0.39 is 12.2 Å². The van der Waals surface area contributed by atoms with Crippen molar-refractivity contribution in [3.63, 3.8) is 0 Å². The fraction of sp³-hybridized carbons (Fsp3) is 0.600. The van der Waals surface area contributed by atoms with Gasteiger partial charge in [-0.15, -0.1) is 23.5 Å². The molecule has 2 N–H and O–H groups in total. The van der Waals surface area contributed by atoms with E-state index in [9.17, 15) is 10.2 Å². The lowest BCUT2D eigenvalue weighted by Gasteiger charge is -2.42. The Balaban J connectivity index is 1.64. The summed E-state index contributed by atoms with van der Waals surface area (Å²) in [7, 11) is 0. The number of hydrogen-bond donors (Lipinski definition) is 2. The van der Waals surface area contributed by atoms with E-state index in [1.807, 2.05) is 53.9 Å². The average Bonchev–Trinajstić information content (AvgIpc) is 2.90. The Morgan fingerprint density at radius 1 is 1.10 bits per heavy atom. The van der Waals surface area contributed by atoms with Crippen molar-refractivity contribution < 1.29 is 14.9 Å². The van der Waals surface area contributed by atoms with E-state index in [1.165, 1.54) is 0 Å². The van der Waals surface area contributed by atoms with Gasteiger partial charge < -0.3 is 14.9 Å². The van der Waals surface area contributed by atoms with Crippen molar-refractivity contribution in [2.45, 2.75) is 41.8 Å². The lowest BCUT2D eigenvalue weighted by Crippen LogP contribution is -2.50. The molecule has 0 amide bonds. The van der Waals surface area contributed by atoms with Crippen LogP contribution in [0.5, 0.6) is 0 Å². The van der Waals surface area contributed by atoms with Crippen LogP contribution in [0.1, 0.15) is 18.4 Å². The highest BCUT2D eigenvalue weighted by Crippen LogP contribution is 2.53. The van der Waals surface area contributed by atoms with E-state index in [2.05, 4.69) is 0 Å². The number of ether oxygens (including phenoxy) is 1. The average molecular weight is 312 g/mol. The summed E-state index contributed by atoms with van der Waals surface area (Å²) in [5.41, 5.74) is 1.10. The quantitative estimate of drug-likeness (QED) is 0.896. The van der Waals surface area contributed by atoms with Crippen molar-refractivity contribution in [3.8, 4) is 0 Å². The molecule has 5 heteroatoms. The van der Waals surface area contributed by atoms with Crippen molar-refractivity contribution in [1.82, 2.24) is 0 Å². The molecular weight excluding hydrogens is 292 g/mol.